The molecule has 0 bridgehead atoms. The van der Waals surface area contributed by atoms with Gasteiger partial charge in [0.05, 0.1) is 6.61 Å². The van der Waals surface area contributed by atoms with Gasteiger partial charge in [-0.15, -0.1) is 0 Å². The molecule has 2 rings (SSSR count). The lowest BCUT2D eigenvalue weighted by Gasteiger charge is -2.04. The Morgan fingerprint density at radius 3 is 2.90 bits per heavy atom. The van der Waals surface area contributed by atoms with Gasteiger partial charge in [0.2, 0.25) is 0 Å². The number of benzene rings is 1. The van der Waals surface area contributed by atoms with Crippen molar-refractivity contribution in [2.75, 3.05) is 26.0 Å². The number of hydrogen-bond donors (Lipinski definition) is 2. The van der Waals surface area contributed by atoms with Gasteiger partial charge in [-0.05, 0) is 36.8 Å². The summed E-state index contributed by atoms with van der Waals surface area (Å²) in [6.45, 7) is 2.88. The SMILES string of the molecule is COCCNC(=O)c1ccc(-c2cc(N)ccc2C)o1. The van der Waals surface area contributed by atoms with Gasteiger partial charge in [-0.25, -0.2) is 0 Å². The summed E-state index contributed by atoms with van der Waals surface area (Å²) in [7, 11) is 1.58. The van der Waals surface area contributed by atoms with E-state index in [4.69, 9.17) is 14.9 Å². The van der Waals surface area contributed by atoms with Crippen molar-refractivity contribution in [2.45, 2.75) is 6.92 Å². The van der Waals surface area contributed by atoms with E-state index >= 15 is 0 Å². The van der Waals surface area contributed by atoms with E-state index in [0.29, 0.717) is 24.6 Å². The van der Waals surface area contributed by atoms with Gasteiger partial charge in [0, 0.05) is 24.9 Å². The zero-order chi connectivity index (χ0) is 14.5. The second-order valence-electron chi connectivity index (χ2n) is 4.49. The average molecular weight is 274 g/mol. The average Bonchev–Trinajstić information content (AvgIpc) is 2.91. The highest BCUT2D eigenvalue weighted by molar-refractivity contribution is 5.92. The van der Waals surface area contributed by atoms with Crippen molar-refractivity contribution in [1.82, 2.24) is 5.32 Å². The molecule has 0 saturated heterocycles. The highest BCUT2D eigenvalue weighted by Gasteiger charge is 2.13. The molecule has 2 aromatic rings. The summed E-state index contributed by atoms with van der Waals surface area (Å²) in [5.41, 5.74) is 8.37. The first-order chi connectivity index (χ1) is 9.61. The second-order valence-corrected chi connectivity index (χ2v) is 4.49. The molecule has 5 nitrogen and oxygen atoms in total. The number of nitrogens with one attached hydrogen (secondary N) is 1. The highest BCUT2D eigenvalue weighted by Crippen LogP contribution is 2.27. The smallest absolute Gasteiger partial charge is 0.287 e. The number of carbonyl (C=O) groups excluding carboxylic acids is 1. The van der Waals surface area contributed by atoms with Gasteiger partial charge in [-0.2, -0.15) is 0 Å². The Morgan fingerprint density at radius 1 is 1.35 bits per heavy atom. The van der Waals surface area contributed by atoms with Crippen LogP contribution in [0.2, 0.25) is 0 Å². The van der Waals surface area contributed by atoms with Crippen LogP contribution < -0.4 is 11.1 Å². The molecular formula is C15H18N2O3. The van der Waals surface area contributed by atoms with E-state index in [1.807, 2.05) is 25.1 Å². The summed E-state index contributed by atoms with van der Waals surface area (Å²) < 4.78 is 10.5. The minimum Gasteiger partial charge on any atom is -0.451 e. The molecule has 1 aromatic heterocycles. The molecule has 106 valence electrons. The molecule has 0 fully saturated rings. The zero-order valence-corrected chi connectivity index (χ0v) is 11.6. The fourth-order valence-electron chi connectivity index (χ4n) is 1.86. The molecule has 0 radical (unpaired) electrons. The topological polar surface area (TPSA) is 77.5 Å². The standard InChI is InChI=1S/C15H18N2O3/c1-10-3-4-11(16)9-12(10)13-5-6-14(20-13)15(18)17-7-8-19-2/h3-6,9H,7-8,16H2,1-2H3,(H,17,18). The van der Waals surface area contributed by atoms with Crippen LogP contribution in [0.25, 0.3) is 11.3 Å². The molecule has 0 spiro atoms. The van der Waals surface area contributed by atoms with Crippen molar-refractivity contribution in [3.05, 3.63) is 41.7 Å². The predicted octanol–water partition coefficient (Wildman–Crippen LogP) is 2.21. The molecule has 5 heteroatoms. The molecule has 3 N–H and O–H groups in total. The largest absolute Gasteiger partial charge is 0.451 e. The molecule has 20 heavy (non-hydrogen) atoms. The Labute approximate surface area is 117 Å². The van der Waals surface area contributed by atoms with Crippen LogP contribution in [0, 0.1) is 6.92 Å². The monoisotopic (exact) mass is 274 g/mol. The molecular weight excluding hydrogens is 256 g/mol. The summed E-state index contributed by atoms with van der Waals surface area (Å²) in [4.78, 5) is 11.8. The number of carbonyl (C=O) groups is 1. The van der Waals surface area contributed by atoms with E-state index in [1.54, 1.807) is 19.2 Å². The number of ether oxygens (including phenoxy) is 1. The first kappa shape index (κ1) is 14.1. The molecule has 0 unspecified atom stereocenters. The van der Waals surface area contributed by atoms with Gasteiger partial charge in [-0.3, -0.25) is 4.79 Å². The van der Waals surface area contributed by atoms with Crippen molar-refractivity contribution in [3.63, 3.8) is 0 Å². The normalized spacial score (nSPS) is 10.5. The zero-order valence-electron chi connectivity index (χ0n) is 11.6. The number of anilines is 1. The third-order valence-corrected chi connectivity index (χ3v) is 2.95. The molecule has 0 aliphatic rings. The van der Waals surface area contributed by atoms with Gasteiger partial charge >= 0.3 is 0 Å². The predicted molar refractivity (Wildman–Crippen MR) is 77.5 cm³/mol. The number of aryl methyl sites for hydroxylation is 1. The number of rotatable bonds is 5. The van der Waals surface area contributed by atoms with Crippen molar-refractivity contribution in [1.29, 1.82) is 0 Å². The van der Waals surface area contributed by atoms with E-state index in [0.717, 1.165) is 11.1 Å². The van der Waals surface area contributed by atoms with Crippen LogP contribution >= 0.6 is 0 Å². The highest BCUT2D eigenvalue weighted by atomic mass is 16.5. The lowest BCUT2D eigenvalue weighted by atomic mass is 10.1. The lowest BCUT2D eigenvalue weighted by Crippen LogP contribution is -2.26. The minimum atomic E-state index is -0.255. The fraction of sp³-hybridized carbons (Fsp3) is 0.267. The first-order valence-electron chi connectivity index (χ1n) is 6.35. The minimum absolute atomic E-state index is 0.255. The quantitative estimate of drug-likeness (QED) is 0.647. The summed E-state index contributed by atoms with van der Waals surface area (Å²) in [6.07, 6.45) is 0. The van der Waals surface area contributed by atoms with Crippen molar-refractivity contribution < 1.29 is 13.9 Å². The van der Waals surface area contributed by atoms with Gasteiger partial charge < -0.3 is 20.2 Å². The van der Waals surface area contributed by atoms with Gasteiger partial charge in [0.25, 0.3) is 5.91 Å². The molecule has 0 atom stereocenters. The van der Waals surface area contributed by atoms with E-state index in [9.17, 15) is 4.79 Å². The molecule has 1 amide bonds. The second kappa shape index (κ2) is 6.25. The van der Waals surface area contributed by atoms with Crippen molar-refractivity contribution >= 4 is 11.6 Å². The fourth-order valence-corrected chi connectivity index (χ4v) is 1.86. The van der Waals surface area contributed by atoms with E-state index in [1.165, 1.54) is 0 Å². The summed E-state index contributed by atoms with van der Waals surface area (Å²) in [6, 6.07) is 9.01. The summed E-state index contributed by atoms with van der Waals surface area (Å²) >= 11 is 0. The third-order valence-electron chi connectivity index (χ3n) is 2.95. The number of hydrogen-bond acceptors (Lipinski definition) is 4. The van der Waals surface area contributed by atoms with Crippen LogP contribution in [-0.2, 0) is 4.74 Å². The van der Waals surface area contributed by atoms with E-state index in [2.05, 4.69) is 5.32 Å². The maximum Gasteiger partial charge on any atom is 0.287 e. The number of nitrogen functional groups attached to an aromatic ring is 1. The maximum atomic E-state index is 11.8. The van der Waals surface area contributed by atoms with E-state index in [-0.39, 0.29) is 11.7 Å². The number of amides is 1. The number of methoxy groups -OCH3 is 1. The Bertz CT molecular complexity index is 605. The van der Waals surface area contributed by atoms with Crippen LogP contribution in [0.5, 0.6) is 0 Å². The molecule has 0 aliphatic heterocycles. The van der Waals surface area contributed by atoms with E-state index < -0.39 is 0 Å². The van der Waals surface area contributed by atoms with Crippen molar-refractivity contribution in [3.8, 4) is 11.3 Å². The first-order valence-corrected chi connectivity index (χ1v) is 6.35. The van der Waals surface area contributed by atoms with Crippen LogP contribution in [0.3, 0.4) is 0 Å². The number of furan rings is 1. The Hall–Kier alpha value is -2.27. The molecule has 1 heterocycles. The summed E-state index contributed by atoms with van der Waals surface area (Å²) in [5, 5.41) is 2.71. The van der Waals surface area contributed by atoms with Crippen LogP contribution in [-0.4, -0.2) is 26.2 Å². The molecule has 1 aromatic carbocycles. The Balaban J connectivity index is 2.16. The Kier molecular flexibility index (Phi) is 4.42. The van der Waals surface area contributed by atoms with Crippen LogP contribution in [0.1, 0.15) is 16.1 Å². The molecule has 0 aliphatic carbocycles. The van der Waals surface area contributed by atoms with Gasteiger partial charge in [0.1, 0.15) is 5.76 Å². The summed E-state index contributed by atoms with van der Waals surface area (Å²) in [5.74, 6) is 0.652. The molecule has 0 saturated carbocycles. The number of nitrogens with two attached hydrogens (primary N) is 1. The van der Waals surface area contributed by atoms with Gasteiger partial charge in [-0.1, -0.05) is 6.07 Å². The van der Waals surface area contributed by atoms with Gasteiger partial charge in [0.15, 0.2) is 5.76 Å². The third kappa shape index (κ3) is 3.19. The van der Waals surface area contributed by atoms with Crippen molar-refractivity contribution in [2.24, 2.45) is 0 Å². The van der Waals surface area contributed by atoms with Crippen LogP contribution in [0.15, 0.2) is 34.7 Å². The lowest BCUT2D eigenvalue weighted by molar-refractivity contribution is 0.0910. The maximum absolute atomic E-state index is 11.8. The Morgan fingerprint density at radius 2 is 2.15 bits per heavy atom. The van der Waals surface area contributed by atoms with Crippen LogP contribution in [0.4, 0.5) is 5.69 Å².